The minimum Gasteiger partial charge on any atom is -0.375 e. The minimum absolute atomic E-state index is 0.155. The molecule has 0 saturated carbocycles. The van der Waals surface area contributed by atoms with Crippen molar-refractivity contribution in [2.75, 3.05) is 0 Å². The van der Waals surface area contributed by atoms with Gasteiger partial charge in [0.25, 0.3) is 0 Å². The molecule has 0 atom stereocenters. The second kappa shape index (κ2) is 4.51. The smallest absolute Gasteiger partial charge is 0.184 e. The van der Waals surface area contributed by atoms with Crippen molar-refractivity contribution < 1.29 is 0 Å². The molecule has 1 heterocycles. The minimum atomic E-state index is 0.155. The summed E-state index contributed by atoms with van der Waals surface area (Å²) < 4.78 is 0. The van der Waals surface area contributed by atoms with Crippen molar-refractivity contribution in [3.05, 3.63) is 29.6 Å². The highest BCUT2D eigenvalue weighted by molar-refractivity contribution is 7.80. The zero-order valence-corrected chi connectivity index (χ0v) is 8.01. The Morgan fingerprint density at radius 2 is 2.54 bits per heavy atom. The molecular formula is C8H10N4S. The van der Waals surface area contributed by atoms with E-state index in [0.717, 1.165) is 11.3 Å². The summed E-state index contributed by atoms with van der Waals surface area (Å²) in [5.74, 6) is 0. The highest BCUT2D eigenvalue weighted by Crippen LogP contribution is 1.96. The number of aryl methyl sites for hydroxylation is 1. The van der Waals surface area contributed by atoms with Crippen LogP contribution in [0, 0.1) is 6.92 Å². The summed E-state index contributed by atoms with van der Waals surface area (Å²) in [4.78, 5) is 4.05. The van der Waals surface area contributed by atoms with Gasteiger partial charge in [0, 0.05) is 11.9 Å². The molecule has 0 bridgehead atoms. The highest BCUT2D eigenvalue weighted by atomic mass is 32.1. The van der Waals surface area contributed by atoms with E-state index >= 15 is 0 Å². The second-order valence-electron chi connectivity index (χ2n) is 2.46. The average molecular weight is 194 g/mol. The number of thiocarbonyl (C=S) groups is 1. The number of pyridine rings is 1. The first-order chi connectivity index (χ1) is 6.18. The predicted molar refractivity (Wildman–Crippen MR) is 56.5 cm³/mol. The van der Waals surface area contributed by atoms with Crippen LogP contribution in [0.4, 0.5) is 0 Å². The molecule has 13 heavy (non-hydrogen) atoms. The molecule has 0 radical (unpaired) electrons. The van der Waals surface area contributed by atoms with Crippen LogP contribution in [0.25, 0.3) is 0 Å². The van der Waals surface area contributed by atoms with Gasteiger partial charge in [-0.25, -0.2) is 0 Å². The fourth-order valence-corrected chi connectivity index (χ4v) is 0.871. The number of hydrazone groups is 1. The van der Waals surface area contributed by atoms with Gasteiger partial charge in [-0.2, -0.15) is 5.10 Å². The lowest BCUT2D eigenvalue weighted by atomic mass is 10.2. The molecule has 4 nitrogen and oxygen atoms in total. The summed E-state index contributed by atoms with van der Waals surface area (Å²) in [6.07, 6.45) is 3.35. The van der Waals surface area contributed by atoms with E-state index in [2.05, 4.69) is 27.7 Å². The molecule has 3 N–H and O–H groups in total. The van der Waals surface area contributed by atoms with Crippen LogP contribution in [-0.4, -0.2) is 16.3 Å². The number of aromatic nitrogens is 1. The average Bonchev–Trinajstić information content (AvgIpc) is 2.03. The number of hydrogen-bond acceptors (Lipinski definition) is 3. The lowest BCUT2D eigenvalue weighted by molar-refractivity contribution is 1.04. The van der Waals surface area contributed by atoms with Crippen LogP contribution in [0.3, 0.4) is 0 Å². The molecule has 0 amide bonds. The van der Waals surface area contributed by atoms with Crippen LogP contribution in [-0.2, 0) is 0 Å². The van der Waals surface area contributed by atoms with Gasteiger partial charge in [-0.3, -0.25) is 10.4 Å². The zero-order valence-electron chi connectivity index (χ0n) is 7.19. The fraction of sp³-hybridized carbons (Fsp3) is 0.125. The predicted octanol–water partition coefficient (Wildman–Crippen LogP) is 0.557. The van der Waals surface area contributed by atoms with Crippen molar-refractivity contribution in [1.82, 2.24) is 10.4 Å². The Bertz CT molecular complexity index is 335. The van der Waals surface area contributed by atoms with E-state index in [9.17, 15) is 0 Å². The molecule has 68 valence electrons. The molecule has 0 spiro atoms. The molecule has 0 fully saturated rings. The topological polar surface area (TPSA) is 63.3 Å². The first kappa shape index (κ1) is 9.60. The number of nitrogens with two attached hydrogens (primary N) is 1. The summed E-state index contributed by atoms with van der Waals surface area (Å²) in [5.41, 5.74) is 9.55. The van der Waals surface area contributed by atoms with Crippen molar-refractivity contribution in [3.8, 4) is 0 Å². The van der Waals surface area contributed by atoms with Crippen molar-refractivity contribution in [2.24, 2.45) is 10.8 Å². The molecule has 0 aliphatic rings. The standard InChI is InChI=1S/C8H10N4S/c1-6-4-7(2-3-10-6)5-11-12-8(9)13/h2-5H,1H3,(H3,9,12,13). The Labute approximate surface area is 81.9 Å². The molecule has 1 aromatic rings. The maximum atomic E-state index is 5.18. The lowest BCUT2D eigenvalue weighted by Gasteiger charge is -1.95. The lowest BCUT2D eigenvalue weighted by Crippen LogP contribution is -2.23. The number of rotatable bonds is 2. The summed E-state index contributed by atoms with van der Waals surface area (Å²) in [6, 6.07) is 3.75. The van der Waals surface area contributed by atoms with E-state index < -0.39 is 0 Å². The fourth-order valence-electron chi connectivity index (χ4n) is 0.818. The third-order valence-corrected chi connectivity index (χ3v) is 1.40. The van der Waals surface area contributed by atoms with E-state index in [4.69, 9.17) is 5.73 Å². The third kappa shape index (κ3) is 3.62. The van der Waals surface area contributed by atoms with Gasteiger partial charge in [0.1, 0.15) is 0 Å². The zero-order chi connectivity index (χ0) is 9.68. The molecular weight excluding hydrogens is 184 g/mol. The Morgan fingerprint density at radius 1 is 1.77 bits per heavy atom. The Morgan fingerprint density at radius 3 is 3.15 bits per heavy atom. The quantitative estimate of drug-likeness (QED) is 0.410. The van der Waals surface area contributed by atoms with Crippen LogP contribution in [0.2, 0.25) is 0 Å². The molecule has 0 unspecified atom stereocenters. The third-order valence-electron chi connectivity index (χ3n) is 1.31. The Balaban J connectivity index is 2.63. The van der Waals surface area contributed by atoms with Crippen molar-refractivity contribution in [3.63, 3.8) is 0 Å². The van der Waals surface area contributed by atoms with Gasteiger partial charge < -0.3 is 5.73 Å². The monoisotopic (exact) mass is 194 g/mol. The van der Waals surface area contributed by atoms with Gasteiger partial charge >= 0.3 is 0 Å². The number of hydrogen-bond donors (Lipinski definition) is 2. The molecule has 1 aromatic heterocycles. The van der Waals surface area contributed by atoms with Gasteiger partial charge in [-0.15, -0.1) is 0 Å². The van der Waals surface area contributed by atoms with E-state index in [0.29, 0.717) is 0 Å². The maximum absolute atomic E-state index is 5.18. The summed E-state index contributed by atoms with van der Waals surface area (Å²) in [7, 11) is 0. The maximum Gasteiger partial charge on any atom is 0.184 e. The molecule has 0 aliphatic heterocycles. The molecule has 0 saturated heterocycles. The van der Waals surface area contributed by atoms with Crippen LogP contribution >= 0.6 is 12.2 Å². The van der Waals surface area contributed by atoms with Crippen molar-refractivity contribution in [1.29, 1.82) is 0 Å². The highest BCUT2D eigenvalue weighted by Gasteiger charge is 1.88. The van der Waals surface area contributed by atoms with Crippen LogP contribution in [0.15, 0.2) is 23.4 Å². The largest absolute Gasteiger partial charge is 0.375 e. The second-order valence-corrected chi connectivity index (χ2v) is 2.90. The normalized spacial score (nSPS) is 10.2. The van der Waals surface area contributed by atoms with Crippen molar-refractivity contribution in [2.45, 2.75) is 6.92 Å². The van der Waals surface area contributed by atoms with Gasteiger partial charge in [0.15, 0.2) is 5.11 Å². The molecule has 1 rings (SSSR count). The molecule has 5 heteroatoms. The van der Waals surface area contributed by atoms with Gasteiger partial charge in [0.2, 0.25) is 0 Å². The molecule has 0 aromatic carbocycles. The van der Waals surface area contributed by atoms with Gasteiger partial charge in [-0.05, 0) is 36.8 Å². The van der Waals surface area contributed by atoms with E-state index in [1.54, 1.807) is 12.4 Å². The first-order valence-electron chi connectivity index (χ1n) is 3.69. The van der Waals surface area contributed by atoms with Crippen LogP contribution in [0.1, 0.15) is 11.3 Å². The SMILES string of the molecule is Cc1cc(C=NNC(N)=S)ccn1. The van der Waals surface area contributed by atoms with Crippen LogP contribution in [0.5, 0.6) is 0 Å². The van der Waals surface area contributed by atoms with Gasteiger partial charge in [-0.1, -0.05) is 0 Å². The first-order valence-corrected chi connectivity index (χ1v) is 4.10. The number of nitrogens with zero attached hydrogens (tertiary/aromatic N) is 2. The van der Waals surface area contributed by atoms with Crippen molar-refractivity contribution >= 4 is 23.5 Å². The number of nitrogens with one attached hydrogen (secondary N) is 1. The summed E-state index contributed by atoms with van der Waals surface area (Å²) in [6.45, 7) is 1.92. The van der Waals surface area contributed by atoms with E-state index in [1.807, 2.05) is 19.1 Å². The van der Waals surface area contributed by atoms with E-state index in [1.165, 1.54) is 0 Å². The summed E-state index contributed by atoms with van der Waals surface area (Å²) >= 11 is 4.58. The Kier molecular flexibility index (Phi) is 3.33. The van der Waals surface area contributed by atoms with Gasteiger partial charge in [0.05, 0.1) is 6.21 Å². The van der Waals surface area contributed by atoms with E-state index in [-0.39, 0.29) is 5.11 Å². The summed E-state index contributed by atoms with van der Waals surface area (Å²) in [5, 5.41) is 3.97. The molecule has 0 aliphatic carbocycles. The Hall–Kier alpha value is -1.49. The van der Waals surface area contributed by atoms with Crippen LogP contribution < -0.4 is 11.2 Å².